The first kappa shape index (κ1) is 17.8. The highest BCUT2D eigenvalue weighted by Gasteiger charge is 2.15. The Balaban J connectivity index is 1.66. The van der Waals surface area contributed by atoms with Crippen LogP contribution >= 0.6 is 0 Å². The maximum atomic E-state index is 12.5. The van der Waals surface area contributed by atoms with Crippen LogP contribution in [0.2, 0.25) is 0 Å². The largest absolute Gasteiger partial charge is 0.340 e. The van der Waals surface area contributed by atoms with E-state index in [0.29, 0.717) is 6.54 Å². The molecule has 2 aromatic carbocycles. The number of benzene rings is 2. The number of hydrogen-bond acceptors (Lipinski definition) is 2. The number of hydrogen-bond donors (Lipinski definition) is 2. The van der Waals surface area contributed by atoms with E-state index in [9.17, 15) is 4.79 Å². The molecule has 0 saturated heterocycles. The van der Waals surface area contributed by atoms with Crippen molar-refractivity contribution >= 4 is 17.3 Å². The summed E-state index contributed by atoms with van der Waals surface area (Å²) in [4.78, 5) is 14.2. The Kier molecular flexibility index (Phi) is 5.12. The molecule has 4 heteroatoms. The first-order chi connectivity index (χ1) is 12.4. The van der Waals surface area contributed by atoms with Crippen LogP contribution in [0.25, 0.3) is 5.57 Å². The predicted octanol–water partition coefficient (Wildman–Crippen LogP) is 4.93. The van der Waals surface area contributed by atoms with E-state index in [0.717, 1.165) is 16.8 Å². The lowest BCUT2D eigenvalue weighted by Crippen LogP contribution is -2.40. The molecule has 2 amide bonds. The maximum Gasteiger partial charge on any atom is 0.340 e. The molecule has 0 fully saturated rings. The van der Waals surface area contributed by atoms with Gasteiger partial charge in [-0.15, -0.1) is 0 Å². The van der Waals surface area contributed by atoms with Gasteiger partial charge in [0.2, 0.25) is 0 Å². The minimum atomic E-state index is -0.191. The van der Waals surface area contributed by atoms with Gasteiger partial charge >= 0.3 is 6.03 Å². The van der Waals surface area contributed by atoms with Crippen molar-refractivity contribution in [1.82, 2.24) is 10.3 Å². The van der Waals surface area contributed by atoms with Crippen molar-refractivity contribution in [3.05, 3.63) is 84.1 Å². The quantitative estimate of drug-likeness (QED) is 0.773. The third kappa shape index (κ3) is 4.33. The molecule has 2 N–H and O–H groups in total. The lowest BCUT2D eigenvalue weighted by molar-refractivity contribution is 0.221. The Morgan fingerprint density at radius 1 is 1.04 bits per heavy atom. The molecular weight excluding hydrogens is 322 g/mol. The number of nitrogens with zero attached hydrogens (tertiary/aromatic N) is 1. The van der Waals surface area contributed by atoms with E-state index in [-0.39, 0.29) is 11.4 Å². The molecule has 0 spiro atoms. The number of urea groups is 1. The van der Waals surface area contributed by atoms with Crippen LogP contribution in [-0.4, -0.2) is 17.5 Å². The molecule has 0 atom stereocenters. The number of anilines is 1. The number of carbonyl (C=O) groups is 1. The number of allylic oxidation sites excluding steroid dienone is 2. The fourth-order valence-corrected chi connectivity index (χ4v) is 2.76. The molecule has 0 radical (unpaired) electrons. The van der Waals surface area contributed by atoms with Crippen molar-refractivity contribution in [3.8, 4) is 0 Å². The van der Waals surface area contributed by atoms with E-state index >= 15 is 0 Å². The molecule has 0 saturated carbocycles. The zero-order chi connectivity index (χ0) is 18.6. The van der Waals surface area contributed by atoms with Crippen molar-refractivity contribution in [3.63, 3.8) is 0 Å². The van der Waals surface area contributed by atoms with Crippen molar-refractivity contribution in [2.75, 3.05) is 12.0 Å². The molecule has 1 aliphatic rings. The Morgan fingerprint density at radius 3 is 2.54 bits per heavy atom. The normalized spacial score (nSPS) is 14.0. The van der Waals surface area contributed by atoms with Crippen LogP contribution in [0, 0.1) is 0 Å². The van der Waals surface area contributed by atoms with Crippen molar-refractivity contribution < 1.29 is 4.79 Å². The van der Waals surface area contributed by atoms with Gasteiger partial charge in [0.1, 0.15) is 0 Å². The molecule has 0 unspecified atom stereocenters. The Labute approximate surface area is 155 Å². The lowest BCUT2D eigenvalue weighted by Gasteiger charge is -2.23. The highest BCUT2D eigenvalue weighted by atomic mass is 16.2. The molecular formula is C22H25N3O. The van der Waals surface area contributed by atoms with Crippen molar-refractivity contribution in [2.45, 2.75) is 26.2 Å². The third-order valence-corrected chi connectivity index (χ3v) is 4.30. The first-order valence-corrected chi connectivity index (χ1v) is 8.80. The Morgan fingerprint density at radius 2 is 1.81 bits per heavy atom. The average Bonchev–Trinajstić information content (AvgIpc) is 2.66. The van der Waals surface area contributed by atoms with Gasteiger partial charge in [0.05, 0.1) is 5.69 Å². The minimum Gasteiger partial charge on any atom is -0.297 e. The van der Waals surface area contributed by atoms with Gasteiger partial charge in [-0.2, -0.15) is 0 Å². The van der Waals surface area contributed by atoms with Crippen molar-refractivity contribution in [1.29, 1.82) is 0 Å². The molecule has 134 valence electrons. The minimum absolute atomic E-state index is 0.0622. The molecule has 1 heterocycles. The van der Waals surface area contributed by atoms with Gasteiger partial charge in [0, 0.05) is 12.7 Å². The fraction of sp³-hybridized carbons (Fsp3) is 0.227. The second-order valence-corrected chi connectivity index (χ2v) is 7.39. The predicted molar refractivity (Wildman–Crippen MR) is 108 cm³/mol. The summed E-state index contributed by atoms with van der Waals surface area (Å²) in [7, 11) is 0. The molecule has 26 heavy (non-hydrogen) atoms. The standard InChI is InChI=1S/C22H25N3O/c1-22(2,3)19-12-7-13-20(15-19)23-24-21(26)25-14-8-11-18(16-25)17-9-5-4-6-10-17/h4-13,15-16,23H,14H2,1-3H3,(H,24,26). The number of nitrogens with one attached hydrogen (secondary N) is 2. The number of carbonyl (C=O) groups excluding carboxylic acids is 1. The molecule has 0 aliphatic carbocycles. The van der Waals surface area contributed by atoms with Crippen LogP contribution in [0.3, 0.4) is 0 Å². The fourth-order valence-electron chi connectivity index (χ4n) is 2.76. The Bertz CT molecular complexity index is 832. The van der Waals surface area contributed by atoms with Gasteiger partial charge in [-0.25, -0.2) is 4.79 Å². The maximum absolute atomic E-state index is 12.5. The van der Waals surface area contributed by atoms with E-state index in [1.54, 1.807) is 4.90 Å². The molecule has 2 aromatic rings. The second kappa shape index (κ2) is 7.48. The topological polar surface area (TPSA) is 44.4 Å². The van der Waals surface area contributed by atoms with Crippen LogP contribution < -0.4 is 10.9 Å². The number of amides is 2. The summed E-state index contributed by atoms with van der Waals surface area (Å²) < 4.78 is 0. The summed E-state index contributed by atoms with van der Waals surface area (Å²) in [5.41, 5.74) is 10.0. The zero-order valence-electron chi connectivity index (χ0n) is 15.5. The SMILES string of the molecule is CC(C)(C)c1cccc(NNC(=O)N2C=C(c3ccccc3)C=CC2)c1. The van der Waals surface area contributed by atoms with Crippen LogP contribution in [-0.2, 0) is 5.41 Å². The zero-order valence-corrected chi connectivity index (χ0v) is 15.5. The highest BCUT2D eigenvalue weighted by molar-refractivity contribution is 5.82. The Hall–Kier alpha value is -3.01. The summed E-state index contributed by atoms with van der Waals surface area (Å²) >= 11 is 0. The van der Waals surface area contributed by atoms with E-state index in [1.165, 1.54) is 5.56 Å². The van der Waals surface area contributed by atoms with Gasteiger partial charge in [0.15, 0.2) is 0 Å². The monoisotopic (exact) mass is 347 g/mol. The first-order valence-electron chi connectivity index (χ1n) is 8.80. The smallest absolute Gasteiger partial charge is 0.297 e. The van der Waals surface area contributed by atoms with Gasteiger partial charge < -0.3 is 0 Å². The number of rotatable bonds is 3. The molecule has 4 nitrogen and oxygen atoms in total. The summed E-state index contributed by atoms with van der Waals surface area (Å²) in [6.07, 6.45) is 5.90. The molecule has 3 rings (SSSR count). The van der Waals surface area contributed by atoms with Gasteiger partial charge in [-0.1, -0.05) is 75.4 Å². The van der Waals surface area contributed by atoms with Crippen LogP contribution in [0.4, 0.5) is 10.5 Å². The summed E-state index contributed by atoms with van der Waals surface area (Å²) in [5, 5.41) is 0. The van der Waals surface area contributed by atoms with Gasteiger partial charge in [-0.3, -0.25) is 15.8 Å². The van der Waals surface area contributed by atoms with E-state index in [1.807, 2.05) is 60.8 Å². The van der Waals surface area contributed by atoms with E-state index in [4.69, 9.17) is 0 Å². The number of hydrazine groups is 1. The summed E-state index contributed by atoms with van der Waals surface area (Å²) in [6, 6.07) is 17.9. The van der Waals surface area contributed by atoms with Crippen LogP contribution in [0.1, 0.15) is 31.9 Å². The van der Waals surface area contributed by atoms with Gasteiger partial charge in [-0.05, 0) is 34.2 Å². The van der Waals surface area contributed by atoms with Crippen molar-refractivity contribution in [2.24, 2.45) is 0 Å². The molecule has 1 aliphatic heterocycles. The second-order valence-electron chi connectivity index (χ2n) is 7.39. The van der Waals surface area contributed by atoms with Crippen LogP contribution in [0.15, 0.2) is 72.9 Å². The lowest BCUT2D eigenvalue weighted by atomic mass is 9.87. The highest BCUT2D eigenvalue weighted by Crippen LogP contribution is 2.24. The molecule has 0 aromatic heterocycles. The summed E-state index contributed by atoms with van der Waals surface area (Å²) in [6.45, 7) is 7.05. The van der Waals surface area contributed by atoms with Crippen LogP contribution in [0.5, 0.6) is 0 Å². The van der Waals surface area contributed by atoms with E-state index in [2.05, 4.69) is 43.8 Å². The molecule has 0 bridgehead atoms. The van der Waals surface area contributed by atoms with Gasteiger partial charge in [0.25, 0.3) is 0 Å². The third-order valence-electron chi connectivity index (χ3n) is 4.30. The summed E-state index contributed by atoms with van der Waals surface area (Å²) in [5.74, 6) is 0. The average molecular weight is 347 g/mol. The van der Waals surface area contributed by atoms with E-state index < -0.39 is 0 Å².